The molecule has 5 rings (SSSR count). The highest BCUT2D eigenvalue weighted by Gasteiger charge is 2.44. The van der Waals surface area contributed by atoms with Gasteiger partial charge in [-0.1, -0.05) is 0 Å². The number of ketones is 2. The molecule has 0 spiro atoms. The summed E-state index contributed by atoms with van der Waals surface area (Å²) in [6.45, 7) is 7.20. The summed E-state index contributed by atoms with van der Waals surface area (Å²) < 4.78 is 19.6. The lowest BCUT2D eigenvalue weighted by atomic mass is 9.79. The zero-order chi connectivity index (χ0) is 39.5. The molecule has 0 fully saturated rings. The molecule has 0 aromatic carbocycles. The van der Waals surface area contributed by atoms with Crippen LogP contribution in [0.1, 0.15) is 107 Å². The van der Waals surface area contributed by atoms with Crippen molar-refractivity contribution in [2.45, 2.75) is 89.9 Å². The fraction of sp³-hybridized carbons (Fsp3) is 0.450. The summed E-state index contributed by atoms with van der Waals surface area (Å²) in [5, 5.41) is 0. The number of Topliss-reactive ketones (excluding diaryl/α,β-unsaturated/α-hetero) is 2. The summed E-state index contributed by atoms with van der Waals surface area (Å²) in [4.78, 5) is 94.4. The van der Waals surface area contributed by atoms with Gasteiger partial charge in [-0.15, -0.1) is 0 Å². The Kier molecular flexibility index (Phi) is 11.5. The van der Waals surface area contributed by atoms with E-state index in [4.69, 9.17) is 28.9 Å². The van der Waals surface area contributed by atoms with Crippen LogP contribution in [0.2, 0.25) is 0 Å². The molecular weight excluding hydrogens is 696 g/mol. The van der Waals surface area contributed by atoms with Crippen LogP contribution < -0.4 is 0 Å². The van der Waals surface area contributed by atoms with E-state index < -0.39 is 34.7 Å². The molecule has 2 N–H and O–H groups in total. The second-order valence-electron chi connectivity index (χ2n) is 14.1. The number of hydrogen-bond donors (Lipinski definition) is 2. The van der Waals surface area contributed by atoms with Gasteiger partial charge in [-0.2, -0.15) is 0 Å². The molecule has 8 bridgehead atoms. The van der Waals surface area contributed by atoms with Crippen LogP contribution in [0.25, 0.3) is 22.1 Å². The minimum Gasteiger partial charge on any atom is -0.469 e. The van der Waals surface area contributed by atoms with Crippen LogP contribution in [0.3, 0.4) is 0 Å². The van der Waals surface area contributed by atoms with Crippen LogP contribution >= 0.6 is 0 Å². The van der Waals surface area contributed by atoms with E-state index in [0.29, 0.717) is 33.5 Å². The minimum atomic E-state index is -1.22. The highest BCUT2D eigenvalue weighted by Crippen LogP contribution is 2.39. The van der Waals surface area contributed by atoms with Crippen molar-refractivity contribution in [3.05, 3.63) is 69.3 Å². The third-order valence-corrected chi connectivity index (χ3v) is 10.8. The topological polar surface area (TPSA) is 197 Å². The number of hydrogen-bond acceptors (Lipinski definition) is 12. The Hall–Kier alpha value is -5.66. The maximum Gasteiger partial charge on any atom is 0.305 e. The summed E-state index contributed by atoms with van der Waals surface area (Å²) >= 11 is 0. The van der Waals surface area contributed by atoms with Gasteiger partial charge in [-0.3, -0.25) is 28.8 Å². The molecule has 0 aliphatic carbocycles. The Morgan fingerprint density at radius 1 is 0.556 bits per heavy atom. The first-order chi connectivity index (χ1) is 25.6. The molecule has 2 aliphatic rings. The van der Waals surface area contributed by atoms with Crippen molar-refractivity contribution in [1.82, 2.24) is 19.9 Å². The number of aromatic amines is 2. The number of nitrogens with one attached hydrogen (secondary N) is 2. The molecule has 0 saturated heterocycles. The number of methoxy groups -OCH3 is 4. The fourth-order valence-electron chi connectivity index (χ4n) is 7.12. The molecule has 2 aliphatic heterocycles. The van der Waals surface area contributed by atoms with Crippen LogP contribution in [0.4, 0.5) is 0 Å². The zero-order valence-corrected chi connectivity index (χ0v) is 31.9. The highest BCUT2D eigenvalue weighted by atomic mass is 16.5. The number of aromatic nitrogens is 4. The van der Waals surface area contributed by atoms with Crippen molar-refractivity contribution in [3.63, 3.8) is 0 Å². The molecule has 2 unspecified atom stereocenters. The van der Waals surface area contributed by atoms with Gasteiger partial charge in [-0.05, 0) is 99.9 Å². The van der Waals surface area contributed by atoms with E-state index in [1.807, 2.05) is 13.8 Å². The molecule has 5 heterocycles. The Bertz CT molecular complexity index is 2220. The van der Waals surface area contributed by atoms with Gasteiger partial charge in [0.25, 0.3) is 0 Å². The van der Waals surface area contributed by atoms with Crippen molar-refractivity contribution < 1.29 is 47.7 Å². The first-order valence-electron chi connectivity index (χ1n) is 17.7. The molecule has 0 saturated carbocycles. The number of esters is 4. The van der Waals surface area contributed by atoms with Gasteiger partial charge in [0.15, 0.2) is 11.6 Å². The van der Waals surface area contributed by atoms with E-state index in [1.54, 1.807) is 38.1 Å². The lowest BCUT2D eigenvalue weighted by Gasteiger charge is -2.21. The van der Waals surface area contributed by atoms with E-state index in [-0.39, 0.29) is 74.3 Å². The summed E-state index contributed by atoms with van der Waals surface area (Å²) in [6.07, 6.45) is 0.840. The number of carbonyl (C=O) groups is 6. The molecule has 0 amide bonds. The van der Waals surface area contributed by atoms with Crippen LogP contribution in [0, 0.1) is 13.8 Å². The van der Waals surface area contributed by atoms with E-state index >= 15 is 0 Å². The molecular formula is C40H46N4O10. The van der Waals surface area contributed by atoms with Gasteiger partial charge in [-0.25, -0.2) is 9.97 Å². The summed E-state index contributed by atoms with van der Waals surface area (Å²) in [7, 11) is 5.20. The number of H-pyrrole nitrogens is 2. The average Bonchev–Trinajstić information content (AvgIpc) is 3.78. The van der Waals surface area contributed by atoms with Crippen LogP contribution in [0.15, 0.2) is 24.3 Å². The van der Waals surface area contributed by atoms with Crippen molar-refractivity contribution in [2.75, 3.05) is 28.4 Å². The highest BCUT2D eigenvalue weighted by molar-refractivity contribution is 6.06. The zero-order valence-electron chi connectivity index (χ0n) is 31.9. The first kappa shape index (κ1) is 39.5. The van der Waals surface area contributed by atoms with Crippen molar-refractivity contribution in [1.29, 1.82) is 0 Å². The molecule has 0 radical (unpaired) electrons. The number of ether oxygens (including phenoxy) is 4. The number of nitrogens with zero attached hydrogens (tertiary/aromatic N) is 2. The van der Waals surface area contributed by atoms with Gasteiger partial charge in [0.2, 0.25) is 0 Å². The van der Waals surface area contributed by atoms with Crippen molar-refractivity contribution in [2.24, 2.45) is 0 Å². The van der Waals surface area contributed by atoms with E-state index in [0.717, 1.165) is 22.3 Å². The minimum absolute atomic E-state index is 0.0340. The smallest absolute Gasteiger partial charge is 0.305 e. The van der Waals surface area contributed by atoms with Crippen LogP contribution in [0.5, 0.6) is 0 Å². The number of rotatable bonds is 12. The summed E-state index contributed by atoms with van der Waals surface area (Å²) in [6, 6.07) is 6.79. The Balaban J connectivity index is 1.90. The van der Waals surface area contributed by atoms with Gasteiger partial charge in [0.05, 0.1) is 50.7 Å². The Morgan fingerprint density at radius 2 is 0.889 bits per heavy atom. The second kappa shape index (κ2) is 15.7. The predicted molar refractivity (Wildman–Crippen MR) is 197 cm³/mol. The standard InChI is InChI=1S/C40H46N4O10/c1-21-23(9-11-33(45)51-5)27-18-30-38(50)39(3,15-13-35(47)53-7)31(44-30)19-26-22(2)24(10-12-34(46)52-6)28(42-26)20-32-40(4,16-14-36(48)54-8)37(49)29(43-32)17-25(21)41-27/h17-20,41-42H,9-16H2,1-8H3. The van der Waals surface area contributed by atoms with Crippen LogP contribution in [-0.4, -0.2) is 83.8 Å². The third-order valence-electron chi connectivity index (χ3n) is 10.8. The summed E-state index contributed by atoms with van der Waals surface area (Å²) in [5.74, 6) is -2.39. The molecule has 54 heavy (non-hydrogen) atoms. The second-order valence-corrected chi connectivity index (χ2v) is 14.1. The largest absolute Gasteiger partial charge is 0.469 e. The van der Waals surface area contributed by atoms with Gasteiger partial charge in [0.1, 0.15) is 11.4 Å². The molecule has 3 aromatic heterocycles. The quantitative estimate of drug-likeness (QED) is 0.179. The van der Waals surface area contributed by atoms with Gasteiger partial charge < -0.3 is 28.9 Å². The number of carbonyl (C=O) groups excluding carboxylic acids is 6. The maximum absolute atomic E-state index is 14.3. The number of fused-ring (bicyclic) bond motifs is 8. The van der Waals surface area contributed by atoms with E-state index in [2.05, 4.69) is 9.97 Å². The molecule has 2 atom stereocenters. The van der Waals surface area contributed by atoms with Crippen LogP contribution in [-0.2, 0) is 61.8 Å². The molecule has 14 heteroatoms. The third kappa shape index (κ3) is 7.55. The lowest BCUT2D eigenvalue weighted by Crippen LogP contribution is -2.29. The van der Waals surface area contributed by atoms with E-state index in [9.17, 15) is 28.8 Å². The van der Waals surface area contributed by atoms with Gasteiger partial charge in [0, 0.05) is 47.8 Å². The monoisotopic (exact) mass is 742 g/mol. The average molecular weight is 743 g/mol. The first-order valence-corrected chi connectivity index (χ1v) is 17.7. The van der Waals surface area contributed by atoms with Crippen molar-refractivity contribution >= 4 is 57.5 Å². The fourth-order valence-corrected chi connectivity index (χ4v) is 7.12. The SMILES string of the molecule is COC(=O)CCc1c(C)c2cc3nc(cc4[nH]c(cc5nc(cc1[nH]2)C(=O)C5(C)CCC(=O)OC)c(C)c4CCC(=O)OC)C(C)(CCC(=O)OC)C3=O. The Labute approximate surface area is 312 Å². The molecule has 286 valence electrons. The van der Waals surface area contributed by atoms with Gasteiger partial charge >= 0.3 is 23.9 Å². The Morgan fingerprint density at radius 3 is 1.30 bits per heavy atom. The molecule has 3 aromatic rings. The maximum atomic E-state index is 14.3. The number of aryl methyl sites for hydroxylation is 4. The van der Waals surface area contributed by atoms with Crippen molar-refractivity contribution in [3.8, 4) is 0 Å². The normalized spacial score (nSPS) is 18.0. The summed E-state index contributed by atoms with van der Waals surface area (Å²) in [5.41, 5.74) is 3.82. The molecule has 14 nitrogen and oxygen atoms in total. The predicted octanol–water partition coefficient (Wildman–Crippen LogP) is 5.33. The lowest BCUT2D eigenvalue weighted by molar-refractivity contribution is -0.141. The van der Waals surface area contributed by atoms with E-state index in [1.165, 1.54) is 28.4 Å².